The Hall–Kier alpha value is -0.690. The zero-order valence-corrected chi connectivity index (χ0v) is 10.4. The van der Waals surface area contributed by atoms with Crippen LogP contribution < -0.4 is 5.32 Å². The standard InChI is InChI=1S/C7H11BrN4OS/c1-3-12(2)5(13)4-9-7-11-10-6(8)14-7/h3-4H2,1-2H3,(H,9,11). The number of carbonyl (C=O) groups is 1. The van der Waals surface area contributed by atoms with Crippen LogP contribution >= 0.6 is 27.3 Å². The van der Waals surface area contributed by atoms with Gasteiger partial charge in [0.25, 0.3) is 0 Å². The highest BCUT2D eigenvalue weighted by molar-refractivity contribution is 9.11. The molecule has 0 aliphatic carbocycles. The van der Waals surface area contributed by atoms with Crippen LogP contribution in [-0.4, -0.2) is 41.1 Å². The van der Waals surface area contributed by atoms with Crippen molar-refractivity contribution >= 4 is 38.3 Å². The van der Waals surface area contributed by atoms with Crippen LogP contribution in [-0.2, 0) is 4.79 Å². The smallest absolute Gasteiger partial charge is 0.241 e. The highest BCUT2D eigenvalue weighted by Gasteiger charge is 2.07. The first kappa shape index (κ1) is 11.4. The van der Waals surface area contributed by atoms with Crippen molar-refractivity contribution in [3.8, 4) is 0 Å². The van der Waals surface area contributed by atoms with Gasteiger partial charge in [0.1, 0.15) is 0 Å². The number of nitrogens with zero attached hydrogens (tertiary/aromatic N) is 3. The molecule has 0 aliphatic rings. The van der Waals surface area contributed by atoms with Crippen molar-refractivity contribution in [2.75, 3.05) is 25.5 Å². The van der Waals surface area contributed by atoms with Gasteiger partial charge in [0.15, 0.2) is 3.92 Å². The summed E-state index contributed by atoms with van der Waals surface area (Å²) in [6, 6.07) is 0. The van der Waals surface area contributed by atoms with E-state index in [9.17, 15) is 4.79 Å². The number of carbonyl (C=O) groups excluding carboxylic acids is 1. The monoisotopic (exact) mass is 278 g/mol. The molecule has 1 aromatic heterocycles. The summed E-state index contributed by atoms with van der Waals surface area (Å²) in [7, 11) is 1.76. The Kier molecular flexibility index (Phi) is 4.27. The first-order valence-corrected chi connectivity index (χ1v) is 5.71. The SMILES string of the molecule is CCN(C)C(=O)CNc1nnc(Br)s1. The third kappa shape index (κ3) is 3.22. The molecule has 0 fully saturated rings. The van der Waals surface area contributed by atoms with Gasteiger partial charge in [-0.05, 0) is 22.9 Å². The number of rotatable bonds is 4. The van der Waals surface area contributed by atoms with Crippen LogP contribution in [0.15, 0.2) is 3.92 Å². The summed E-state index contributed by atoms with van der Waals surface area (Å²) in [6.07, 6.45) is 0. The van der Waals surface area contributed by atoms with Crippen LogP contribution in [0.4, 0.5) is 5.13 Å². The van der Waals surface area contributed by atoms with Crippen molar-refractivity contribution in [2.24, 2.45) is 0 Å². The van der Waals surface area contributed by atoms with Crippen molar-refractivity contribution in [1.82, 2.24) is 15.1 Å². The lowest BCUT2D eigenvalue weighted by molar-refractivity contribution is -0.127. The van der Waals surface area contributed by atoms with Crippen LogP contribution in [0.1, 0.15) is 6.92 Å². The second-order valence-corrected chi connectivity index (χ2v) is 4.88. The average molecular weight is 279 g/mol. The maximum atomic E-state index is 11.4. The Balaban J connectivity index is 2.37. The fourth-order valence-corrected chi connectivity index (χ4v) is 1.75. The van der Waals surface area contributed by atoms with Crippen molar-refractivity contribution in [3.05, 3.63) is 3.92 Å². The van der Waals surface area contributed by atoms with E-state index in [-0.39, 0.29) is 12.5 Å². The van der Waals surface area contributed by atoms with Crippen molar-refractivity contribution in [3.63, 3.8) is 0 Å². The first-order chi connectivity index (χ1) is 6.63. The highest BCUT2D eigenvalue weighted by Crippen LogP contribution is 2.19. The number of halogens is 1. The number of nitrogens with one attached hydrogen (secondary N) is 1. The molecule has 1 N–H and O–H groups in total. The van der Waals surface area contributed by atoms with E-state index in [1.165, 1.54) is 11.3 Å². The molecule has 1 amide bonds. The normalized spacial score (nSPS) is 9.93. The Morgan fingerprint density at radius 1 is 1.64 bits per heavy atom. The van der Waals surface area contributed by atoms with E-state index in [1.54, 1.807) is 11.9 Å². The Morgan fingerprint density at radius 3 is 2.86 bits per heavy atom. The average Bonchev–Trinajstić information content (AvgIpc) is 2.59. The second-order valence-electron chi connectivity index (χ2n) is 2.62. The predicted octanol–water partition coefficient (Wildman–Crippen LogP) is 1.19. The molecule has 0 saturated carbocycles. The molecule has 1 rings (SSSR count). The maximum Gasteiger partial charge on any atom is 0.241 e. The molecular weight excluding hydrogens is 268 g/mol. The lowest BCUT2D eigenvalue weighted by atomic mass is 10.5. The Morgan fingerprint density at radius 2 is 2.36 bits per heavy atom. The molecule has 0 spiro atoms. The third-order valence-corrected chi connectivity index (χ3v) is 3.00. The molecule has 14 heavy (non-hydrogen) atoms. The molecule has 78 valence electrons. The lowest BCUT2D eigenvalue weighted by Gasteiger charge is -2.13. The summed E-state index contributed by atoms with van der Waals surface area (Å²) in [5, 5.41) is 11.1. The Labute approximate surface area is 94.6 Å². The van der Waals surface area contributed by atoms with Crippen molar-refractivity contribution in [1.29, 1.82) is 0 Å². The summed E-state index contributed by atoms with van der Waals surface area (Å²) in [5.41, 5.74) is 0. The third-order valence-electron chi connectivity index (χ3n) is 1.69. The fourth-order valence-electron chi connectivity index (χ4n) is 0.739. The van der Waals surface area contributed by atoms with Gasteiger partial charge in [-0.3, -0.25) is 4.79 Å². The van der Waals surface area contributed by atoms with Crippen molar-refractivity contribution < 1.29 is 4.79 Å². The van der Waals surface area contributed by atoms with Crippen LogP contribution in [0.25, 0.3) is 0 Å². The molecule has 1 aromatic rings. The van der Waals surface area contributed by atoms with Crippen LogP contribution in [0, 0.1) is 0 Å². The largest absolute Gasteiger partial charge is 0.351 e. The van der Waals surface area contributed by atoms with Gasteiger partial charge in [0.2, 0.25) is 11.0 Å². The van der Waals surface area contributed by atoms with E-state index >= 15 is 0 Å². The number of likely N-dealkylation sites (N-methyl/N-ethyl adjacent to an activating group) is 1. The molecule has 0 atom stereocenters. The predicted molar refractivity (Wildman–Crippen MR) is 59.4 cm³/mol. The zero-order valence-electron chi connectivity index (χ0n) is 7.95. The van der Waals surface area contributed by atoms with E-state index in [2.05, 4.69) is 31.4 Å². The van der Waals surface area contributed by atoms with Gasteiger partial charge in [0.05, 0.1) is 6.54 Å². The molecule has 0 radical (unpaired) electrons. The molecule has 0 aliphatic heterocycles. The highest BCUT2D eigenvalue weighted by atomic mass is 79.9. The van der Waals surface area contributed by atoms with Crippen LogP contribution in [0.3, 0.4) is 0 Å². The van der Waals surface area contributed by atoms with Crippen molar-refractivity contribution in [2.45, 2.75) is 6.92 Å². The number of anilines is 1. The molecule has 0 bridgehead atoms. The number of hydrogen-bond donors (Lipinski definition) is 1. The summed E-state index contributed by atoms with van der Waals surface area (Å²) in [5.74, 6) is 0.0406. The van der Waals surface area contributed by atoms with E-state index in [0.717, 1.165) is 0 Å². The summed E-state index contributed by atoms with van der Waals surface area (Å²) in [4.78, 5) is 13.0. The number of hydrogen-bond acceptors (Lipinski definition) is 5. The van der Waals surface area contributed by atoms with E-state index in [1.807, 2.05) is 6.92 Å². The van der Waals surface area contributed by atoms with E-state index in [4.69, 9.17) is 0 Å². The number of aromatic nitrogens is 2. The molecular formula is C7H11BrN4OS. The van der Waals surface area contributed by atoms with Gasteiger partial charge < -0.3 is 10.2 Å². The van der Waals surface area contributed by atoms with Gasteiger partial charge in [-0.15, -0.1) is 10.2 Å². The summed E-state index contributed by atoms with van der Waals surface area (Å²) >= 11 is 4.55. The topological polar surface area (TPSA) is 58.1 Å². The van der Waals surface area contributed by atoms with E-state index < -0.39 is 0 Å². The minimum absolute atomic E-state index is 0.0406. The fraction of sp³-hybridized carbons (Fsp3) is 0.571. The van der Waals surface area contributed by atoms with Gasteiger partial charge in [-0.1, -0.05) is 11.3 Å². The minimum Gasteiger partial charge on any atom is -0.351 e. The van der Waals surface area contributed by atoms with Gasteiger partial charge in [-0.2, -0.15) is 0 Å². The molecule has 0 saturated heterocycles. The van der Waals surface area contributed by atoms with Crippen LogP contribution in [0.5, 0.6) is 0 Å². The molecule has 0 unspecified atom stereocenters. The quantitative estimate of drug-likeness (QED) is 0.899. The first-order valence-electron chi connectivity index (χ1n) is 4.10. The molecule has 5 nitrogen and oxygen atoms in total. The molecule has 7 heteroatoms. The zero-order chi connectivity index (χ0) is 10.6. The van der Waals surface area contributed by atoms with Gasteiger partial charge in [0, 0.05) is 13.6 Å². The van der Waals surface area contributed by atoms with Gasteiger partial charge in [-0.25, -0.2) is 0 Å². The van der Waals surface area contributed by atoms with Crippen LogP contribution in [0.2, 0.25) is 0 Å². The summed E-state index contributed by atoms with van der Waals surface area (Å²) < 4.78 is 0.705. The Bertz CT molecular complexity index is 316. The van der Waals surface area contributed by atoms with E-state index in [0.29, 0.717) is 15.6 Å². The minimum atomic E-state index is 0.0406. The number of amides is 1. The second kappa shape index (κ2) is 5.26. The van der Waals surface area contributed by atoms with Gasteiger partial charge >= 0.3 is 0 Å². The molecule has 0 aromatic carbocycles. The summed E-state index contributed by atoms with van der Waals surface area (Å²) in [6.45, 7) is 2.89. The lowest BCUT2D eigenvalue weighted by Crippen LogP contribution is -2.31. The maximum absolute atomic E-state index is 11.4. The molecule has 1 heterocycles.